The molecule has 0 aliphatic carbocycles. The summed E-state index contributed by atoms with van der Waals surface area (Å²) in [5.41, 5.74) is 1.03. The lowest BCUT2D eigenvalue weighted by Gasteiger charge is -2.31. The van der Waals surface area contributed by atoms with Gasteiger partial charge in [0.2, 0.25) is 0 Å². The van der Waals surface area contributed by atoms with Crippen molar-refractivity contribution in [2.24, 2.45) is 0 Å². The number of nitrogens with zero attached hydrogens (tertiary/aromatic N) is 1. The Balaban J connectivity index is 1.91. The number of rotatable bonds is 3. The van der Waals surface area contributed by atoms with E-state index in [1.54, 1.807) is 18.2 Å². The van der Waals surface area contributed by atoms with E-state index >= 15 is 0 Å². The summed E-state index contributed by atoms with van der Waals surface area (Å²) in [6.45, 7) is 0. The smallest absolute Gasteiger partial charge is 0.306 e. The lowest BCUT2D eigenvalue weighted by atomic mass is 9.97. The number of nitrogens with one attached hydrogen (secondary N) is 1. The fourth-order valence-corrected chi connectivity index (χ4v) is 4.50. The van der Waals surface area contributed by atoms with Crippen LogP contribution in [0.5, 0.6) is 0 Å². The lowest BCUT2D eigenvalue weighted by molar-refractivity contribution is -0.116. The first-order chi connectivity index (χ1) is 13.3. The molecule has 0 aromatic heterocycles. The van der Waals surface area contributed by atoms with Crippen molar-refractivity contribution in [3.8, 4) is 0 Å². The van der Waals surface area contributed by atoms with Crippen molar-refractivity contribution in [1.82, 2.24) is 4.90 Å². The maximum absolute atomic E-state index is 13.2. The third kappa shape index (κ3) is 4.51. The van der Waals surface area contributed by atoms with E-state index in [1.165, 1.54) is 41.6 Å². The van der Waals surface area contributed by atoms with E-state index in [0.717, 1.165) is 0 Å². The SMILES string of the molecule is C[S@](=O)c1cc(NC(=O)N2C=CC(=O)C[C@H]2c2ccc(F)cc2)c(Br)cc1Cl. The molecule has 2 atom stereocenters. The Morgan fingerprint density at radius 2 is 2.00 bits per heavy atom. The van der Waals surface area contributed by atoms with Crippen molar-refractivity contribution in [2.45, 2.75) is 17.4 Å². The summed E-state index contributed by atoms with van der Waals surface area (Å²) in [5.74, 6) is -0.530. The van der Waals surface area contributed by atoms with Gasteiger partial charge in [-0.3, -0.25) is 13.9 Å². The van der Waals surface area contributed by atoms with Crippen LogP contribution in [0.25, 0.3) is 0 Å². The molecule has 0 radical (unpaired) electrons. The van der Waals surface area contributed by atoms with E-state index in [9.17, 15) is 18.2 Å². The average molecular weight is 486 g/mol. The number of hydrogen-bond acceptors (Lipinski definition) is 3. The number of halogens is 3. The molecule has 2 aromatic carbocycles. The minimum absolute atomic E-state index is 0.0849. The standard InChI is InChI=1S/C19H15BrClFN2O3S/c1-28(27)18-10-16(14(20)9-15(18)21)23-19(26)24-7-6-13(25)8-17(24)11-2-4-12(22)5-3-11/h2-7,9-10,17H,8H2,1H3,(H,23,26)/t17-,28-/m0/s1. The van der Waals surface area contributed by atoms with Crippen LogP contribution in [0.1, 0.15) is 18.0 Å². The van der Waals surface area contributed by atoms with Gasteiger partial charge in [-0.05, 0) is 51.8 Å². The predicted octanol–water partition coefficient (Wildman–Crippen LogP) is 5.04. The van der Waals surface area contributed by atoms with Crippen molar-refractivity contribution in [1.29, 1.82) is 0 Å². The molecule has 0 unspecified atom stereocenters. The number of carbonyl (C=O) groups is 2. The third-order valence-electron chi connectivity index (χ3n) is 4.21. The molecule has 2 amide bonds. The fraction of sp³-hybridized carbons (Fsp3) is 0.158. The Bertz CT molecular complexity index is 997. The number of allylic oxidation sites excluding steroid dienone is 1. The highest BCUT2D eigenvalue weighted by molar-refractivity contribution is 9.10. The monoisotopic (exact) mass is 484 g/mol. The van der Waals surface area contributed by atoms with Crippen LogP contribution in [0, 0.1) is 5.82 Å². The van der Waals surface area contributed by atoms with Gasteiger partial charge in [-0.2, -0.15) is 0 Å². The maximum Gasteiger partial charge on any atom is 0.326 e. The summed E-state index contributed by atoms with van der Waals surface area (Å²) < 4.78 is 25.6. The van der Waals surface area contributed by atoms with Crippen LogP contribution >= 0.6 is 27.5 Å². The molecule has 0 saturated carbocycles. The minimum atomic E-state index is -1.33. The molecule has 28 heavy (non-hydrogen) atoms. The molecule has 1 aliphatic rings. The van der Waals surface area contributed by atoms with Crippen LogP contribution in [-0.2, 0) is 15.6 Å². The van der Waals surface area contributed by atoms with Gasteiger partial charge >= 0.3 is 6.03 Å². The summed E-state index contributed by atoms with van der Waals surface area (Å²) >= 11 is 9.42. The Kier molecular flexibility index (Phi) is 6.32. The molecular weight excluding hydrogens is 471 g/mol. The first kappa shape index (κ1) is 20.7. The van der Waals surface area contributed by atoms with Crippen LogP contribution in [0.4, 0.5) is 14.9 Å². The minimum Gasteiger partial charge on any atom is -0.306 e. The second-order valence-electron chi connectivity index (χ2n) is 6.11. The van der Waals surface area contributed by atoms with Crippen molar-refractivity contribution in [2.75, 3.05) is 11.6 Å². The van der Waals surface area contributed by atoms with Crippen LogP contribution in [0.2, 0.25) is 5.02 Å². The van der Waals surface area contributed by atoms with Gasteiger partial charge in [-0.1, -0.05) is 23.7 Å². The molecule has 2 aromatic rings. The molecule has 0 spiro atoms. The zero-order valence-electron chi connectivity index (χ0n) is 14.6. The topological polar surface area (TPSA) is 66.5 Å². The molecular formula is C19H15BrClFN2O3S. The van der Waals surface area contributed by atoms with Gasteiger partial charge in [0, 0.05) is 23.3 Å². The van der Waals surface area contributed by atoms with E-state index < -0.39 is 28.7 Å². The lowest BCUT2D eigenvalue weighted by Crippen LogP contribution is -2.37. The first-order valence-electron chi connectivity index (χ1n) is 8.14. The van der Waals surface area contributed by atoms with Crippen molar-refractivity contribution < 1.29 is 18.2 Å². The van der Waals surface area contributed by atoms with Gasteiger partial charge in [-0.25, -0.2) is 9.18 Å². The highest BCUT2D eigenvalue weighted by atomic mass is 79.9. The number of benzene rings is 2. The highest BCUT2D eigenvalue weighted by Gasteiger charge is 2.29. The molecule has 1 N–H and O–H groups in total. The summed E-state index contributed by atoms with van der Waals surface area (Å²) in [6.07, 6.45) is 4.30. The van der Waals surface area contributed by atoms with Gasteiger partial charge in [0.1, 0.15) is 5.82 Å². The van der Waals surface area contributed by atoms with Crippen LogP contribution in [0.3, 0.4) is 0 Å². The number of carbonyl (C=O) groups excluding carboxylic acids is 2. The Morgan fingerprint density at radius 1 is 1.32 bits per heavy atom. The molecule has 1 aliphatic heterocycles. The molecule has 5 nitrogen and oxygen atoms in total. The van der Waals surface area contributed by atoms with Crippen LogP contribution in [0.15, 0.2) is 58.0 Å². The summed E-state index contributed by atoms with van der Waals surface area (Å²) in [5, 5.41) is 3.06. The quantitative estimate of drug-likeness (QED) is 0.662. The van der Waals surface area contributed by atoms with Crippen molar-refractivity contribution in [3.05, 3.63) is 69.6 Å². The highest BCUT2D eigenvalue weighted by Crippen LogP contribution is 2.33. The number of ketones is 1. The normalized spacial score (nSPS) is 17.5. The zero-order valence-corrected chi connectivity index (χ0v) is 17.8. The Hall–Kier alpha value is -2.03. The largest absolute Gasteiger partial charge is 0.326 e. The number of anilines is 1. The van der Waals surface area contributed by atoms with E-state index in [1.807, 2.05) is 0 Å². The second-order valence-corrected chi connectivity index (χ2v) is 8.72. The predicted molar refractivity (Wildman–Crippen MR) is 110 cm³/mol. The van der Waals surface area contributed by atoms with E-state index in [4.69, 9.17) is 11.6 Å². The summed E-state index contributed by atoms with van der Waals surface area (Å²) in [6, 6.07) is 7.69. The van der Waals surface area contributed by atoms with Gasteiger partial charge in [0.15, 0.2) is 5.78 Å². The number of hydrogen-bond donors (Lipinski definition) is 1. The van der Waals surface area contributed by atoms with Gasteiger partial charge in [0.25, 0.3) is 0 Å². The Morgan fingerprint density at radius 3 is 2.64 bits per heavy atom. The van der Waals surface area contributed by atoms with Crippen LogP contribution < -0.4 is 5.32 Å². The molecule has 9 heteroatoms. The van der Waals surface area contributed by atoms with Crippen molar-refractivity contribution in [3.63, 3.8) is 0 Å². The molecule has 1 heterocycles. The van der Waals surface area contributed by atoms with E-state index in [2.05, 4.69) is 21.2 Å². The van der Waals surface area contributed by atoms with Gasteiger partial charge in [-0.15, -0.1) is 0 Å². The zero-order chi connectivity index (χ0) is 20.4. The fourth-order valence-electron chi connectivity index (χ4n) is 2.82. The molecule has 3 rings (SSSR count). The van der Waals surface area contributed by atoms with Crippen molar-refractivity contribution >= 4 is 55.8 Å². The summed E-state index contributed by atoms with van der Waals surface area (Å²) in [7, 11) is -1.33. The second kappa shape index (κ2) is 8.55. The first-order valence-corrected chi connectivity index (χ1v) is 10.9. The molecule has 146 valence electrons. The molecule has 0 fully saturated rings. The van der Waals surface area contributed by atoms with E-state index in [0.29, 0.717) is 25.6 Å². The van der Waals surface area contributed by atoms with Crippen LogP contribution in [-0.4, -0.2) is 27.2 Å². The van der Waals surface area contributed by atoms with Gasteiger partial charge in [0.05, 0.1) is 32.4 Å². The Labute approximate surface area is 177 Å². The number of urea groups is 1. The van der Waals surface area contributed by atoms with Gasteiger partial charge < -0.3 is 5.32 Å². The average Bonchev–Trinajstić information content (AvgIpc) is 2.64. The van der Waals surface area contributed by atoms with E-state index in [-0.39, 0.29) is 12.2 Å². The summed E-state index contributed by atoms with van der Waals surface area (Å²) in [4.78, 5) is 26.5. The molecule has 0 bridgehead atoms. The molecule has 0 saturated heterocycles. The number of amides is 2. The maximum atomic E-state index is 13.2. The third-order valence-corrected chi connectivity index (χ3v) is 6.25.